The minimum atomic E-state index is -4.47. The second-order valence-corrected chi connectivity index (χ2v) is 7.51. The third-order valence-electron chi connectivity index (χ3n) is 5.17. The second-order valence-electron chi connectivity index (χ2n) is 7.51. The summed E-state index contributed by atoms with van der Waals surface area (Å²) < 4.78 is 43.5. The minimum absolute atomic E-state index is 0.0110. The van der Waals surface area contributed by atoms with Gasteiger partial charge in [0.25, 0.3) is 5.91 Å². The predicted octanol–water partition coefficient (Wildman–Crippen LogP) is 3.79. The van der Waals surface area contributed by atoms with Crippen LogP contribution in [0.15, 0.2) is 48.7 Å². The summed E-state index contributed by atoms with van der Waals surface area (Å²) in [6.07, 6.45) is -2.82. The van der Waals surface area contributed by atoms with E-state index < -0.39 is 11.7 Å². The van der Waals surface area contributed by atoms with E-state index in [4.69, 9.17) is 4.74 Å². The van der Waals surface area contributed by atoms with Gasteiger partial charge in [0, 0.05) is 43.7 Å². The highest BCUT2D eigenvalue weighted by atomic mass is 19.4. The van der Waals surface area contributed by atoms with Crippen molar-refractivity contribution in [2.45, 2.75) is 25.1 Å². The zero-order chi connectivity index (χ0) is 22.9. The van der Waals surface area contributed by atoms with E-state index in [1.807, 2.05) is 0 Å². The molecule has 10 heteroatoms. The predicted molar refractivity (Wildman–Crippen MR) is 109 cm³/mol. The molecule has 3 aromatic rings. The Morgan fingerprint density at radius 3 is 2.69 bits per heavy atom. The summed E-state index contributed by atoms with van der Waals surface area (Å²) in [6.45, 7) is 0.589. The number of rotatable bonds is 4. The van der Waals surface area contributed by atoms with Crippen LogP contribution in [0.3, 0.4) is 0 Å². The average molecular weight is 444 g/mol. The molecule has 0 bridgehead atoms. The number of nitrogens with one attached hydrogen (secondary N) is 1. The van der Waals surface area contributed by atoms with Crippen molar-refractivity contribution in [1.29, 1.82) is 0 Å². The van der Waals surface area contributed by atoms with Crippen molar-refractivity contribution in [3.05, 3.63) is 59.9 Å². The quantitative estimate of drug-likeness (QED) is 0.662. The fourth-order valence-corrected chi connectivity index (χ4v) is 3.35. The maximum Gasteiger partial charge on any atom is 0.417 e. The Kier molecular flexibility index (Phi) is 5.68. The SMILES string of the molecule is CN1CCC(NC(=O)c2ccc3cc(Oc4ccc(C(F)(F)F)cn4)ccc3n2)CC1=O. The summed E-state index contributed by atoms with van der Waals surface area (Å²) in [5, 5.41) is 3.53. The lowest BCUT2D eigenvalue weighted by molar-refractivity contribution is -0.138. The topological polar surface area (TPSA) is 84.4 Å². The lowest BCUT2D eigenvalue weighted by Crippen LogP contribution is -2.46. The van der Waals surface area contributed by atoms with Crippen LogP contribution >= 0.6 is 0 Å². The molecule has 1 saturated heterocycles. The molecule has 3 heterocycles. The van der Waals surface area contributed by atoms with Crippen molar-refractivity contribution in [3.63, 3.8) is 0 Å². The fraction of sp³-hybridized carbons (Fsp3) is 0.273. The monoisotopic (exact) mass is 444 g/mol. The summed E-state index contributed by atoms with van der Waals surface area (Å²) >= 11 is 0. The molecule has 2 aromatic heterocycles. The number of alkyl halides is 3. The first-order valence-electron chi connectivity index (χ1n) is 9.86. The van der Waals surface area contributed by atoms with E-state index in [1.54, 1.807) is 42.3 Å². The maximum absolute atomic E-state index is 12.6. The number of carbonyl (C=O) groups is 2. The second kappa shape index (κ2) is 8.45. The Morgan fingerprint density at radius 1 is 1.19 bits per heavy atom. The van der Waals surface area contributed by atoms with E-state index in [1.165, 1.54) is 0 Å². The van der Waals surface area contributed by atoms with Gasteiger partial charge in [0.2, 0.25) is 11.8 Å². The van der Waals surface area contributed by atoms with Crippen LogP contribution in [0.1, 0.15) is 28.9 Å². The third kappa shape index (κ3) is 4.79. The number of hydrogen-bond donors (Lipinski definition) is 1. The normalized spacial score (nSPS) is 16.8. The molecule has 1 fully saturated rings. The number of likely N-dealkylation sites (tertiary alicyclic amines) is 1. The molecule has 1 aliphatic rings. The molecule has 2 amide bonds. The standard InChI is InChI=1S/C22H19F3N4O3/c1-29-9-8-15(11-20(29)30)27-21(31)18-5-2-13-10-16(4-6-17(13)28-18)32-19-7-3-14(12-26-19)22(23,24)25/h2-7,10,12,15H,8-9,11H2,1H3,(H,27,31). The molecule has 0 radical (unpaired) electrons. The summed E-state index contributed by atoms with van der Waals surface area (Å²) in [7, 11) is 1.73. The zero-order valence-corrected chi connectivity index (χ0v) is 17.0. The first kappa shape index (κ1) is 21.5. The van der Waals surface area contributed by atoms with Gasteiger partial charge < -0.3 is 15.0 Å². The van der Waals surface area contributed by atoms with E-state index in [2.05, 4.69) is 15.3 Å². The van der Waals surface area contributed by atoms with Crippen molar-refractivity contribution < 1.29 is 27.5 Å². The van der Waals surface area contributed by atoms with Gasteiger partial charge in [-0.25, -0.2) is 9.97 Å². The average Bonchev–Trinajstić information content (AvgIpc) is 2.75. The maximum atomic E-state index is 12.6. The Hall–Kier alpha value is -3.69. The molecule has 0 spiro atoms. The van der Waals surface area contributed by atoms with E-state index >= 15 is 0 Å². The molecule has 1 aromatic carbocycles. The van der Waals surface area contributed by atoms with Gasteiger partial charge >= 0.3 is 6.18 Å². The third-order valence-corrected chi connectivity index (χ3v) is 5.17. The van der Waals surface area contributed by atoms with Crippen LogP contribution < -0.4 is 10.1 Å². The number of aromatic nitrogens is 2. The van der Waals surface area contributed by atoms with Crippen LogP contribution in [0.25, 0.3) is 10.9 Å². The Labute approximate surface area is 181 Å². The van der Waals surface area contributed by atoms with E-state index in [0.717, 1.165) is 12.1 Å². The minimum Gasteiger partial charge on any atom is -0.439 e. The van der Waals surface area contributed by atoms with E-state index in [9.17, 15) is 22.8 Å². The number of pyridine rings is 2. The summed E-state index contributed by atoms with van der Waals surface area (Å²) in [6, 6.07) is 9.96. The van der Waals surface area contributed by atoms with Crippen LogP contribution in [0, 0.1) is 0 Å². The van der Waals surface area contributed by atoms with Gasteiger partial charge in [-0.05, 0) is 36.8 Å². The molecule has 1 aliphatic heterocycles. The summed E-state index contributed by atoms with van der Waals surface area (Å²) in [4.78, 5) is 34.0. The van der Waals surface area contributed by atoms with E-state index in [0.29, 0.717) is 35.8 Å². The number of hydrogen-bond acceptors (Lipinski definition) is 5. The molecular formula is C22H19F3N4O3. The molecule has 0 aliphatic carbocycles. The van der Waals surface area contributed by atoms with Gasteiger partial charge in [0.1, 0.15) is 11.4 Å². The molecule has 166 valence electrons. The van der Waals surface area contributed by atoms with Crippen molar-refractivity contribution in [1.82, 2.24) is 20.2 Å². The lowest BCUT2D eigenvalue weighted by atomic mass is 10.0. The number of carbonyl (C=O) groups excluding carboxylic acids is 2. The fourth-order valence-electron chi connectivity index (χ4n) is 3.35. The molecule has 0 saturated carbocycles. The van der Waals surface area contributed by atoms with Gasteiger partial charge in [-0.1, -0.05) is 6.07 Å². The van der Waals surface area contributed by atoms with E-state index in [-0.39, 0.29) is 35.9 Å². The first-order valence-corrected chi connectivity index (χ1v) is 9.86. The number of fused-ring (bicyclic) bond motifs is 1. The molecule has 1 atom stereocenters. The van der Waals surface area contributed by atoms with Gasteiger partial charge in [-0.15, -0.1) is 0 Å². The highest BCUT2D eigenvalue weighted by molar-refractivity contribution is 5.95. The van der Waals surface area contributed by atoms with Crippen LogP contribution in [0.2, 0.25) is 0 Å². The first-order chi connectivity index (χ1) is 15.2. The number of halogens is 3. The zero-order valence-electron chi connectivity index (χ0n) is 17.0. The van der Waals surface area contributed by atoms with Crippen molar-refractivity contribution in [2.24, 2.45) is 0 Å². The molecule has 4 rings (SSSR count). The lowest BCUT2D eigenvalue weighted by Gasteiger charge is -2.29. The Morgan fingerprint density at radius 2 is 2.00 bits per heavy atom. The van der Waals surface area contributed by atoms with Crippen LogP contribution in [-0.4, -0.2) is 46.3 Å². The van der Waals surface area contributed by atoms with Gasteiger partial charge in [0.05, 0.1) is 11.1 Å². The molecule has 1 unspecified atom stereocenters. The number of nitrogens with zero attached hydrogens (tertiary/aromatic N) is 3. The highest BCUT2D eigenvalue weighted by Crippen LogP contribution is 2.30. The number of amides is 2. The van der Waals surface area contributed by atoms with Crippen LogP contribution in [0.5, 0.6) is 11.6 Å². The highest BCUT2D eigenvalue weighted by Gasteiger charge is 2.30. The molecule has 7 nitrogen and oxygen atoms in total. The smallest absolute Gasteiger partial charge is 0.417 e. The number of ether oxygens (including phenoxy) is 1. The van der Waals surface area contributed by atoms with Crippen molar-refractivity contribution in [3.8, 4) is 11.6 Å². The van der Waals surface area contributed by atoms with Crippen LogP contribution in [-0.2, 0) is 11.0 Å². The molecule has 32 heavy (non-hydrogen) atoms. The molecule has 1 N–H and O–H groups in total. The number of piperidine rings is 1. The van der Waals surface area contributed by atoms with Gasteiger partial charge in [-0.3, -0.25) is 9.59 Å². The number of benzene rings is 1. The summed E-state index contributed by atoms with van der Waals surface area (Å²) in [5.74, 6) is 0.0224. The van der Waals surface area contributed by atoms with Crippen molar-refractivity contribution >= 4 is 22.7 Å². The van der Waals surface area contributed by atoms with Crippen LogP contribution in [0.4, 0.5) is 13.2 Å². The van der Waals surface area contributed by atoms with Gasteiger partial charge in [-0.2, -0.15) is 13.2 Å². The van der Waals surface area contributed by atoms with Crippen molar-refractivity contribution in [2.75, 3.05) is 13.6 Å². The van der Waals surface area contributed by atoms with Gasteiger partial charge in [0.15, 0.2) is 0 Å². The Bertz CT molecular complexity index is 1170. The molecular weight excluding hydrogens is 425 g/mol. The Balaban J connectivity index is 1.45. The largest absolute Gasteiger partial charge is 0.439 e. The summed E-state index contributed by atoms with van der Waals surface area (Å²) in [5.41, 5.74) is -0.0882.